The maximum atomic E-state index is 12.3. The molecule has 0 fully saturated rings. The van der Waals surface area contributed by atoms with Crippen LogP contribution in [0.1, 0.15) is 42.8 Å². The number of amides is 1. The van der Waals surface area contributed by atoms with Crippen molar-refractivity contribution in [2.45, 2.75) is 39.7 Å². The van der Waals surface area contributed by atoms with Gasteiger partial charge in [-0.1, -0.05) is 48.8 Å². The van der Waals surface area contributed by atoms with Gasteiger partial charge in [0.2, 0.25) is 0 Å². The van der Waals surface area contributed by atoms with Gasteiger partial charge in [-0.3, -0.25) is 4.79 Å². The highest BCUT2D eigenvalue weighted by Crippen LogP contribution is 2.25. The fraction of sp³-hybridized carbons (Fsp3) is 0.389. The summed E-state index contributed by atoms with van der Waals surface area (Å²) < 4.78 is 10.2. The second kappa shape index (κ2) is 8.29. The summed E-state index contributed by atoms with van der Waals surface area (Å²) in [5, 5.41) is 6.72. The first kappa shape index (κ1) is 17.7. The molecular weight excluding hydrogens is 308 g/mol. The standard InChI is InChI=1S/C18H22N2O4/c1-4-8-12(2)19-15(21)11-23-18(22)16-13(3)24-20-17(16)14-9-6-5-7-10-14/h5-7,9-10,12H,4,8,11H2,1-3H3,(H,19,21)/t12-/m1/s1. The zero-order valence-electron chi connectivity index (χ0n) is 14.2. The van der Waals surface area contributed by atoms with Gasteiger partial charge in [0.05, 0.1) is 0 Å². The minimum atomic E-state index is -0.620. The Bertz CT molecular complexity index is 694. The van der Waals surface area contributed by atoms with Crippen molar-refractivity contribution in [3.05, 3.63) is 41.7 Å². The average Bonchev–Trinajstić information content (AvgIpc) is 2.95. The van der Waals surface area contributed by atoms with Gasteiger partial charge in [-0.15, -0.1) is 0 Å². The summed E-state index contributed by atoms with van der Waals surface area (Å²) >= 11 is 0. The van der Waals surface area contributed by atoms with Crippen molar-refractivity contribution in [2.75, 3.05) is 6.61 Å². The minimum absolute atomic E-state index is 0.0541. The topological polar surface area (TPSA) is 81.4 Å². The van der Waals surface area contributed by atoms with E-state index in [0.717, 1.165) is 18.4 Å². The van der Waals surface area contributed by atoms with Gasteiger partial charge in [-0.25, -0.2) is 4.79 Å². The number of nitrogens with zero attached hydrogens (tertiary/aromatic N) is 1. The zero-order chi connectivity index (χ0) is 17.5. The summed E-state index contributed by atoms with van der Waals surface area (Å²) in [6, 6.07) is 9.27. The van der Waals surface area contributed by atoms with Gasteiger partial charge in [-0.05, 0) is 20.3 Å². The van der Waals surface area contributed by atoms with Crippen LogP contribution in [0.5, 0.6) is 0 Å². The molecule has 0 bridgehead atoms. The molecule has 0 aliphatic carbocycles. The maximum Gasteiger partial charge on any atom is 0.344 e. The van der Waals surface area contributed by atoms with Crippen LogP contribution in [0.3, 0.4) is 0 Å². The predicted molar refractivity (Wildman–Crippen MR) is 89.5 cm³/mol. The lowest BCUT2D eigenvalue weighted by Gasteiger charge is -2.12. The SMILES string of the molecule is CCC[C@@H](C)NC(=O)COC(=O)c1c(-c2ccccc2)noc1C. The van der Waals surface area contributed by atoms with Gasteiger partial charge in [0.25, 0.3) is 5.91 Å². The van der Waals surface area contributed by atoms with Crippen LogP contribution in [0.25, 0.3) is 11.3 Å². The number of carbonyl (C=O) groups excluding carboxylic acids is 2. The number of aromatic nitrogens is 1. The smallest absolute Gasteiger partial charge is 0.344 e. The van der Waals surface area contributed by atoms with E-state index in [9.17, 15) is 9.59 Å². The molecule has 0 aliphatic rings. The summed E-state index contributed by atoms with van der Waals surface area (Å²) in [5.74, 6) is -0.579. The highest BCUT2D eigenvalue weighted by Gasteiger charge is 2.23. The van der Waals surface area contributed by atoms with Crippen LogP contribution in [-0.2, 0) is 9.53 Å². The van der Waals surface area contributed by atoms with Crippen molar-refractivity contribution < 1.29 is 18.8 Å². The third kappa shape index (κ3) is 4.44. The van der Waals surface area contributed by atoms with Gasteiger partial charge in [-0.2, -0.15) is 0 Å². The quantitative estimate of drug-likeness (QED) is 0.789. The van der Waals surface area contributed by atoms with E-state index < -0.39 is 5.97 Å². The van der Waals surface area contributed by atoms with Gasteiger partial charge < -0.3 is 14.6 Å². The first-order chi connectivity index (χ1) is 11.5. The van der Waals surface area contributed by atoms with E-state index in [1.807, 2.05) is 44.2 Å². The third-order valence-electron chi connectivity index (χ3n) is 3.58. The Balaban J connectivity index is 2.03. The number of rotatable bonds is 7. The van der Waals surface area contributed by atoms with Crippen LogP contribution >= 0.6 is 0 Å². The zero-order valence-corrected chi connectivity index (χ0v) is 14.2. The number of benzene rings is 1. The lowest BCUT2D eigenvalue weighted by molar-refractivity contribution is -0.124. The Labute approximate surface area is 141 Å². The second-order valence-electron chi connectivity index (χ2n) is 5.66. The normalized spacial score (nSPS) is 11.8. The van der Waals surface area contributed by atoms with Gasteiger partial charge in [0.1, 0.15) is 17.0 Å². The molecule has 1 N–H and O–H groups in total. The predicted octanol–water partition coefficient (Wildman–Crippen LogP) is 3.11. The molecule has 6 heteroatoms. The summed E-state index contributed by atoms with van der Waals surface area (Å²) in [4.78, 5) is 24.1. The van der Waals surface area contributed by atoms with Crippen LogP contribution in [0.2, 0.25) is 0 Å². The van der Waals surface area contributed by atoms with E-state index in [0.29, 0.717) is 11.5 Å². The lowest BCUT2D eigenvalue weighted by atomic mass is 10.1. The molecular formula is C18H22N2O4. The molecule has 1 amide bonds. The molecule has 6 nitrogen and oxygen atoms in total. The molecule has 0 saturated carbocycles. The van der Waals surface area contributed by atoms with Crippen LogP contribution in [0, 0.1) is 6.92 Å². The van der Waals surface area contributed by atoms with E-state index in [4.69, 9.17) is 9.26 Å². The molecule has 0 unspecified atom stereocenters. The molecule has 24 heavy (non-hydrogen) atoms. The molecule has 1 heterocycles. The molecule has 1 atom stereocenters. The van der Waals surface area contributed by atoms with Crippen molar-refractivity contribution in [1.82, 2.24) is 10.5 Å². The molecule has 0 aliphatic heterocycles. The highest BCUT2D eigenvalue weighted by atomic mass is 16.5. The van der Waals surface area contributed by atoms with Crippen molar-refractivity contribution >= 4 is 11.9 Å². The molecule has 128 valence electrons. The highest BCUT2D eigenvalue weighted by molar-refractivity contribution is 5.98. The van der Waals surface area contributed by atoms with Crippen LogP contribution < -0.4 is 5.32 Å². The minimum Gasteiger partial charge on any atom is -0.452 e. The van der Waals surface area contributed by atoms with Crippen molar-refractivity contribution in [2.24, 2.45) is 0 Å². The molecule has 2 aromatic rings. The second-order valence-corrected chi connectivity index (χ2v) is 5.66. The number of ether oxygens (including phenoxy) is 1. The molecule has 0 spiro atoms. The van der Waals surface area contributed by atoms with E-state index in [2.05, 4.69) is 10.5 Å². The fourth-order valence-electron chi connectivity index (χ4n) is 2.43. The van der Waals surface area contributed by atoms with Gasteiger partial charge in [0, 0.05) is 11.6 Å². The fourth-order valence-corrected chi connectivity index (χ4v) is 2.43. The summed E-state index contributed by atoms with van der Waals surface area (Å²) in [6.07, 6.45) is 1.85. The molecule has 1 aromatic carbocycles. The Morgan fingerprint density at radius 2 is 2.00 bits per heavy atom. The van der Waals surface area contributed by atoms with Crippen molar-refractivity contribution in [1.29, 1.82) is 0 Å². The number of hydrogen-bond donors (Lipinski definition) is 1. The molecule has 0 saturated heterocycles. The maximum absolute atomic E-state index is 12.3. The number of carbonyl (C=O) groups is 2. The van der Waals surface area contributed by atoms with Crippen LogP contribution in [0.4, 0.5) is 0 Å². The largest absolute Gasteiger partial charge is 0.452 e. The molecule has 2 rings (SSSR count). The lowest BCUT2D eigenvalue weighted by Crippen LogP contribution is -2.35. The third-order valence-corrected chi connectivity index (χ3v) is 3.58. The Kier molecular flexibility index (Phi) is 6.12. The van der Waals surface area contributed by atoms with Gasteiger partial charge >= 0.3 is 5.97 Å². The van der Waals surface area contributed by atoms with E-state index in [1.54, 1.807) is 6.92 Å². The number of hydrogen-bond acceptors (Lipinski definition) is 5. The van der Waals surface area contributed by atoms with Crippen LogP contribution in [-0.4, -0.2) is 29.7 Å². The Hall–Kier alpha value is -2.63. The summed E-state index contributed by atoms with van der Waals surface area (Å²) in [6.45, 7) is 5.27. The average molecular weight is 330 g/mol. The summed E-state index contributed by atoms with van der Waals surface area (Å²) in [7, 11) is 0. The van der Waals surface area contributed by atoms with E-state index in [-0.39, 0.29) is 24.1 Å². The Morgan fingerprint density at radius 1 is 1.29 bits per heavy atom. The van der Waals surface area contributed by atoms with E-state index in [1.165, 1.54) is 0 Å². The Morgan fingerprint density at radius 3 is 2.67 bits per heavy atom. The number of esters is 1. The summed E-state index contributed by atoms with van der Waals surface area (Å²) in [5.41, 5.74) is 1.41. The first-order valence-corrected chi connectivity index (χ1v) is 8.01. The number of nitrogens with one attached hydrogen (secondary N) is 1. The van der Waals surface area contributed by atoms with Crippen molar-refractivity contribution in [3.8, 4) is 11.3 Å². The molecule has 1 aromatic heterocycles. The van der Waals surface area contributed by atoms with Crippen LogP contribution in [0.15, 0.2) is 34.9 Å². The molecule has 0 radical (unpaired) electrons. The van der Waals surface area contributed by atoms with Crippen molar-refractivity contribution in [3.63, 3.8) is 0 Å². The van der Waals surface area contributed by atoms with E-state index >= 15 is 0 Å². The monoisotopic (exact) mass is 330 g/mol. The first-order valence-electron chi connectivity index (χ1n) is 8.01. The van der Waals surface area contributed by atoms with Gasteiger partial charge in [0.15, 0.2) is 6.61 Å². The number of aryl methyl sites for hydroxylation is 1.